The Bertz CT molecular complexity index is 295. The van der Waals surface area contributed by atoms with E-state index in [1.54, 1.807) is 0 Å². The van der Waals surface area contributed by atoms with E-state index in [4.69, 9.17) is 4.55 Å². The van der Waals surface area contributed by atoms with Crippen molar-refractivity contribution in [1.82, 2.24) is 6.15 Å². The summed E-state index contributed by atoms with van der Waals surface area (Å²) in [5.74, 6) is -0.966. The van der Waals surface area contributed by atoms with E-state index in [0.717, 1.165) is 0 Å². The summed E-state index contributed by atoms with van der Waals surface area (Å²) < 4.78 is 33.3. The Hall–Kier alpha value is -0.920. The van der Waals surface area contributed by atoms with Gasteiger partial charge in [0.05, 0.1) is 12.4 Å². The zero-order chi connectivity index (χ0) is 10.5. The first kappa shape index (κ1) is 15.5. The molecule has 0 aromatic heterocycles. The predicted octanol–water partition coefficient (Wildman–Crippen LogP) is 0.546. The molecule has 0 aliphatic rings. The maximum Gasteiger partial charge on any atom is 0.333 e. The first-order valence-electron chi connectivity index (χ1n) is 3.61. The lowest BCUT2D eigenvalue weighted by Crippen LogP contribution is -2.11. The van der Waals surface area contributed by atoms with Gasteiger partial charge in [-0.2, -0.15) is 8.42 Å². The SMILES string of the molecule is C=C(C)C(=O)OCCCS(=O)(=O)O.N. The van der Waals surface area contributed by atoms with Crippen LogP contribution in [0.15, 0.2) is 12.2 Å². The molecular weight excluding hydrogens is 210 g/mol. The molecule has 0 fully saturated rings. The van der Waals surface area contributed by atoms with E-state index in [-0.39, 0.29) is 24.8 Å². The molecule has 0 aromatic rings. The topological polar surface area (TPSA) is 116 Å². The third kappa shape index (κ3) is 9.17. The molecule has 0 saturated heterocycles. The van der Waals surface area contributed by atoms with Gasteiger partial charge in [-0.15, -0.1) is 0 Å². The van der Waals surface area contributed by atoms with Crippen molar-refractivity contribution in [2.45, 2.75) is 13.3 Å². The van der Waals surface area contributed by atoms with Gasteiger partial charge < -0.3 is 10.9 Å². The molecule has 0 saturated carbocycles. The number of carbonyl (C=O) groups is 1. The average Bonchev–Trinajstić information content (AvgIpc) is 1.95. The van der Waals surface area contributed by atoms with Crippen LogP contribution in [0.3, 0.4) is 0 Å². The molecule has 84 valence electrons. The second-order valence-corrected chi connectivity index (χ2v) is 4.13. The van der Waals surface area contributed by atoms with Crippen LogP contribution in [0.2, 0.25) is 0 Å². The maximum atomic E-state index is 10.7. The largest absolute Gasteiger partial charge is 0.462 e. The van der Waals surface area contributed by atoms with Crippen LogP contribution in [0.4, 0.5) is 0 Å². The highest BCUT2D eigenvalue weighted by Crippen LogP contribution is 1.95. The molecule has 0 amide bonds. The Morgan fingerprint density at radius 2 is 2.00 bits per heavy atom. The molecule has 4 N–H and O–H groups in total. The summed E-state index contributed by atoms with van der Waals surface area (Å²) in [6.07, 6.45) is 0.0812. The van der Waals surface area contributed by atoms with Crippen LogP contribution in [-0.4, -0.2) is 31.3 Å². The lowest BCUT2D eigenvalue weighted by atomic mass is 10.4. The molecule has 0 heterocycles. The minimum absolute atomic E-state index is 0. The Morgan fingerprint density at radius 1 is 1.50 bits per heavy atom. The summed E-state index contributed by atoms with van der Waals surface area (Å²) in [5, 5.41) is 0. The lowest BCUT2D eigenvalue weighted by molar-refractivity contribution is -0.138. The molecule has 0 rings (SSSR count). The van der Waals surface area contributed by atoms with E-state index in [1.165, 1.54) is 6.92 Å². The molecule has 7 heteroatoms. The average molecular weight is 225 g/mol. The van der Waals surface area contributed by atoms with Gasteiger partial charge in [-0.05, 0) is 13.3 Å². The van der Waals surface area contributed by atoms with Gasteiger partial charge in [-0.1, -0.05) is 6.58 Å². The fraction of sp³-hybridized carbons (Fsp3) is 0.571. The standard InChI is InChI=1S/C7H12O5S.H3N/c1-6(2)7(8)12-4-3-5-13(9,10)11;/h1,3-5H2,2H3,(H,9,10,11);1H3. The van der Waals surface area contributed by atoms with Gasteiger partial charge >= 0.3 is 5.97 Å². The number of hydrogen-bond acceptors (Lipinski definition) is 5. The second kappa shape index (κ2) is 6.52. The third-order valence-corrected chi connectivity index (χ3v) is 1.93. The zero-order valence-corrected chi connectivity index (χ0v) is 8.84. The minimum Gasteiger partial charge on any atom is -0.462 e. The fourth-order valence-corrected chi connectivity index (χ4v) is 1.01. The van der Waals surface area contributed by atoms with Crippen LogP contribution in [-0.2, 0) is 19.6 Å². The fourth-order valence-electron chi connectivity index (χ4n) is 0.529. The van der Waals surface area contributed by atoms with Crippen molar-refractivity contribution in [3.05, 3.63) is 12.2 Å². The van der Waals surface area contributed by atoms with Crippen LogP contribution >= 0.6 is 0 Å². The molecule has 0 radical (unpaired) electrons. The van der Waals surface area contributed by atoms with Gasteiger partial charge in [-0.3, -0.25) is 4.55 Å². The second-order valence-electron chi connectivity index (χ2n) is 2.56. The van der Waals surface area contributed by atoms with Gasteiger partial charge in [0, 0.05) is 5.57 Å². The molecule has 0 aliphatic heterocycles. The van der Waals surface area contributed by atoms with Crippen LogP contribution in [0.25, 0.3) is 0 Å². The van der Waals surface area contributed by atoms with Gasteiger partial charge in [0.1, 0.15) is 0 Å². The van der Waals surface area contributed by atoms with Gasteiger partial charge in [-0.25, -0.2) is 4.79 Å². The van der Waals surface area contributed by atoms with Crippen LogP contribution in [0, 0.1) is 0 Å². The van der Waals surface area contributed by atoms with E-state index in [9.17, 15) is 13.2 Å². The number of hydrogen-bond donors (Lipinski definition) is 2. The van der Waals surface area contributed by atoms with Crippen LogP contribution < -0.4 is 6.15 Å². The van der Waals surface area contributed by atoms with Crippen molar-refractivity contribution in [2.75, 3.05) is 12.4 Å². The first-order chi connectivity index (χ1) is 5.83. The van der Waals surface area contributed by atoms with Gasteiger partial charge in [0.15, 0.2) is 0 Å². The highest BCUT2D eigenvalue weighted by molar-refractivity contribution is 7.85. The normalized spacial score (nSPS) is 10.1. The molecule has 0 atom stereocenters. The smallest absolute Gasteiger partial charge is 0.333 e. The van der Waals surface area contributed by atoms with Gasteiger partial charge in [0.2, 0.25) is 0 Å². The minimum atomic E-state index is -3.96. The number of ether oxygens (including phenoxy) is 1. The number of carbonyl (C=O) groups excluding carboxylic acids is 1. The number of rotatable bonds is 5. The Labute approximate surface area is 83.3 Å². The molecule has 0 spiro atoms. The summed E-state index contributed by atoms with van der Waals surface area (Å²) in [7, 11) is -3.96. The quantitative estimate of drug-likeness (QED) is 0.305. The highest BCUT2D eigenvalue weighted by atomic mass is 32.2. The summed E-state index contributed by atoms with van der Waals surface area (Å²) in [6, 6.07) is 0. The van der Waals surface area contributed by atoms with Crippen LogP contribution in [0.5, 0.6) is 0 Å². The zero-order valence-electron chi connectivity index (χ0n) is 8.02. The summed E-state index contributed by atoms with van der Waals surface area (Å²) in [5.41, 5.74) is 0.256. The monoisotopic (exact) mass is 225 g/mol. The summed E-state index contributed by atoms with van der Waals surface area (Å²) in [6.45, 7) is 4.80. The Balaban J connectivity index is 0. The maximum absolute atomic E-state index is 10.7. The highest BCUT2D eigenvalue weighted by Gasteiger charge is 2.06. The lowest BCUT2D eigenvalue weighted by Gasteiger charge is -2.02. The Kier molecular flexibility index (Phi) is 7.24. The van der Waals surface area contributed by atoms with Crippen molar-refractivity contribution in [3.63, 3.8) is 0 Å². The van der Waals surface area contributed by atoms with Crippen molar-refractivity contribution < 1.29 is 22.5 Å². The van der Waals surface area contributed by atoms with Crippen molar-refractivity contribution >= 4 is 16.1 Å². The van der Waals surface area contributed by atoms with E-state index in [0.29, 0.717) is 0 Å². The van der Waals surface area contributed by atoms with E-state index in [2.05, 4.69) is 11.3 Å². The van der Waals surface area contributed by atoms with Crippen molar-refractivity contribution in [2.24, 2.45) is 0 Å². The molecule has 0 aliphatic carbocycles. The van der Waals surface area contributed by atoms with E-state index in [1.807, 2.05) is 0 Å². The van der Waals surface area contributed by atoms with Crippen LogP contribution in [0.1, 0.15) is 13.3 Å². The summed E-state index contributed by atoms with van der Waals surface area (Å²) >= 11 is 0. The summed E-state index contributed by atoms with van der Waals surface area (Å²) in [4.78, 5) is 10.7. The molecule has 6 nitrogen and oxygen atoms in total. The third-order valence-electron chi connectivity index (χ3n) is 1.13. The van der Waals surface area contributed by atoms with E-state index >= 15 is 0 Å². The van der Waals surface area contributed by atoms with Gasteiger partial charge in [0.25, 0.3) is 10.1 Å². The first-order valence-corrected chi connectivity index (χ1v) is 5.21. The van der Waals surface area contributed by atoms with Crippen molar-refractivity contribution in [1.29, 1.82) is 0 Å². The molecule has 14 heavy (non-hydrogen) atoms. The molecular formula is C7H15NO5S. The predicted molar refractivity (Wildman–Crippen MR) is 51.8 cm³/mol. The number of esters is 1. The molecule has 0 aromatic carbocycles. The molecule has 0 unspecified atom stereocenters. The Morgan fingerprint density at radius 3 is 2.36 bits per heavy atom. The van der Waals surface area contributed by atoms with Crippen molar-refractivity contribution in [3.8, 4) is 0 Å². The van der Waals surface area contributed by atoms with E-state index < -0.39 is 21.8 Å². The molecule has 0 bridgehead atoms.